The first-order valence-corrected chi connectivity index (χ1v) is 10.2. The van der Waals surface area contributed by atoms with Crippen LogP contribution in [-0.2, 0) is 4.74 Å². The summed E-state index contributed by atoms with van der Waals surface area (Å²) in [7, 11) is 0. The van der Waals surface area contributed by atoms with Crippen molar-refractivity contribution in [3.63, 3.8) is 0 Å². The minimum Gasteiger partial charge on any atom is -0.462 e. The number of unbranched alkanes of at least 4 members (excludes halogenated alkanes) is 6. The number of carbonyl (C=O) groups excluding carboxylic acids is 1. The maximum absolute atomic E-state index is 11.6. The van der Waals surface area contributed by atoms with Crippen molar-refractivity contribution in [3.05, 3.63) is 29.8 Å². The molecule has 0 aromatic heterocycles. The molecule has 1 atom stereocenters. The minimum atomic E-state index is -0.255. The normalized spacial score (nSPS) is 12.0. The second-order valence-electron chi connectivity index (χ2n) is 6.27. The fourth-order valence-corrected chi connectivity index (χ4v) is 2.93. The maximum atomic E-state index is 11.6. The number of ether oxygens (including phenoxy) is 1. The summed E-state index contributed by atoms with van der Waals surface area (Å²) in [5.74, 6) is -0.255. The lowest BCUT2D eigenvalue weighted by atomic mass is 10.1. The third kappa shape index (κ3) is 9.96. The van der Waals surface area contributed by atoms with Gasteiger partial charge in [0, 0.05) is 17.1 Å². The summed E-state index contributed by atoms with van der Waals surface area (Å²) in [6.07, 6.45) is 10.5. The first kappa shape index (κ1) is 21.0. The first-order valence-electron chi connectivity index (χ1n) is 9.28. The number of rotatable bonds is 13. The Kier molecular flexibility index (Phi) is 11.6. The number of halogens is 1. The van der Waals surface area contributed by atoms with Crippen LogP contribution in [-0.4, -0.2) is 23.9 Å². The Labute approximate surface area is 155 Å². The highest BCUT2D eigenvalue weighted by atomic mass is 79.9. The molecule has 1 aromatic rings. The largest absolute Gasteiger partial charge is 0.462 e. The van der Waals surface area contributed by atoms with Crippen LogP contribution < -0.4 is 5.32 Å². The van der Waals surface area contributed by atoms with Crippen LogP contribution in [0.25, 0.3) is 0 Å². The van der Waals surface area contributed by atoms with E-state index in [4.69, 9.17) is 4.74 Å². The van der Waals surface area contributed by atoms with Crippen LogP contribution in [0.3, 0.4) is 0 Å². The molecule has 0 heterocycles. The number of benzene rings is 1. The van der Waals surface area contributed by atoms with Crippen LogP contribution in [0.5, 0.6) is 0 Å². The molecule has 1 aromatic carbocycles. The van der Waals surface area contributed by atoms with Crippen LogP contribution in [0, 0.1) is 0 Å². The molecule has 0 fully saturated rings. The summed E-state index contributed by atoms with van der Waals surface area (Å²) in [5, 5.41) is 3.41. The number of alkyl halides is 1. The lowest BCUT2D eigenvalue weighted by Gasteiger charge is -2.08. The van der Waals surface area contributed by atoms with Gasteiger partial charge in [-0.25, -0.2) is 4.79 Å². The average Bonchev–Trinajstić information content (AvgIpc) is 2.57. The standard InChI is InChI=1S/C20H32BrNO2/c1-3-24-20(23)18-12-14-19(15-13-18)22-16-10-8-6-4-5-7-9-11-17(2)21/h12-15,17,22H,3-11,16H2,1-2H3. The molecule has 4 heteroatoms. The van der Waals surface area contributed by atoms with Crippen molar-refractivity contribution in [1.29, 1.82) is 0 Å². The average molecular weight is 398 g/mol. The highest BCUT2D eigenvalue weighted by molar-refractivity contribution is 9.09. The van der Waals surface area contributed by atoms with Crippen molar-refractivity contribution in [1.82, 2.24) is 0 Å². The van der Waals surface area contributed by atoms with Crippen LogP contribution in [0.1, 0.15) is 75.6 Å². The Balaban J connectivity index is 2.02. The number of hydrogen-bond donors (Lipinski definition) is 1. The van der Waals surface area contributed by atoms with Gasteiger partial charge in [-0.05, 0) is 44.0 Å². The summed E-state index contributed by atoms with van der Waals surface area (Å²) in [4.78, 5) is 12.2. The van der Waals surface area contributed by atoms with Gasteiger partial charge in [-0.3, -0.25) is 0 Å². The van der Waals surface area contributed by atoms with Gasteiger partial charge < -0.3 is 10.1 Å². The van der Waals surface area contributed by atoms with Crippen LogP contribution >= 0.6 is 15.9 Å². The van der Waals surface area contributed by atoms with E-state index in [1.165, 1.54) is 51.4 Å². The van der Waals surface area contributed by atoms with Crippen molar-refractivity contribution >= 4 is 27.6 Å². The molecule has 136 valence electrons. The lowest BCUT2D eigenvalue weighted by Crippen LogP contribution is -2.05. The topological polar surface area (TPSA) is 38.3 Å². The third-order valence-electron chi connectivity index (χ3n) is 4.00. The van der Waals surface area contributed by atoms with E-state index in [1.807, 2.05) is 31.2 Å². The van der Waals surface area contributed by atoms with E-state index < -0.39 is 0 Å². The molecular weight excluding hydrogens is 366 g/mol. The summed E-state index contributed by atoms with van der Waals surface area (Å²) >= 11 is 3.59. The van der Waals surface area contributed by atoms with E-state index in [9.17, 15) is 4.79 Å². The van der Waals surface area contributed by atoms with Gasteiger partial charge in [0.1, 0.15) is 0 Å². The van der Waals surface area contributed by atoms with E-state index >= 15 is 0 Å². The summed E-state index contributed by atoms with van der Waals surface area (Å²) in [6.45, 7) is 5.43. The molecule has 1 unspecified atom stereocenters. The Morgan fingerprint density at radius 2 is 1.62 bits per heavy atom. The van der Waals surface area contributed by atoms with Gasteiger partial charge in [0.05, 0.1) is 12.2 Å². The van der Waals surface area contributed by atoms with Gasteiger partial charge in [-0.2, -0.15) is 0 Å². The van der Waals surface area contributed by atoms with Gasteiger partial charge in [-0.1, -0.05) is 61.4 Å². The van der Waals surface area contributed by atoms with E-state index in [0.29, 0.717) is 17.0 Å². The molecule has 0 amide bonds. The van der Waals surface area contributed by atoms with Crippen molar-refractivity contribution in [2.45, 2.75) is 70.0 Å². The minimum absolute atomic E-state index is 0.255. The van der Waals surface area contributed by atoms with Gasteiger partial charge in [0.15, 0.2) is 0 Å². The summed E-state index contributed by atoms with van der Waals surface area (Å²) < 4.78 is 4.98. The second-order valence-corrected chi connectivity index (χ2v) is 7.83. The van der Waals surface area contributed by atoms with E-state index in [1.54, 1.807) is 0 Å². The SMILES string of the molecule is CCOC(=O)c1ccc(NCCCCCCCCCC(C)Br)cc1. The lowest BCUT2D eigenvalue weighted by molar-refractivity contribution is 0.0526. The Bertz CT molecular complexity index is 445. The van der Waals surface area contributed by atoms with Gasteiger partial charge in [0.25, 0.3) is 0 Å². The first-order chi connectivity index (χ1) is 11.6. The molecule has 1 N–H and O–H groups in total. The van der Waals surface area contributed by atoms with Crippen molar-refractivity contribution in [3.8, 4) is 0 Å². The predicted octanol–water partition coefficient (Wildman–Crippen LogP) is 6.18. The smallest absolute Gasteiger partial charge is 0.338 e. The molecule has 0 aliphatic carbocycles. The number of carbonyl (C=O) groups is 1. The Hall–Kier alpha value is -1.03. The van der Waals surface area contributed by atoms with Gasteiger partial charge in [-0.15, -0.1) is 0 Å². The molecule has 0 aliphatic heterocycles. The summed E-state index contributed by atoms with van der Waals surface area (Å²) in [6, 6.07) is 7.51. The van der Waals surface area contributed by atoms with E-state index in [0.717, 1.165) is 12.2 Å². The fourth-order valence-electron chi connectivity index (χ4n) is 2.61. The van der Waals surface area contributed by atoms with Crippen LogP contribution in [0.15, 0.2) is 24.3 Å². The third-order valence-corrected chi connectivity index (χ3v) is 4.46. The number of esters is 1. The highest BCUT2D eigenvalue weighted by Gasteiger charge is 2.05. The highest BCUT2D eigenvalue weighted by Crippen LogP contribution is 2.14. The van der Waals surface area contributed by atoms with Crippen molar-refractivity contribution in [2.24, 2.45) is 0 Å². The number of nitrogens with one attached hydrogen (secondary N) is 1. The van der Waals surface area contributed by atoms with Gasteiger partial charge >= 0.3 is 5.97 Å². The molecule has 0 aliphatic rings. The second kappa shape index (κ2) is 13.3. The zero-order chi connectivity index (χ0) is 17.6. The maximum Gasteiger partial charge on any atom is 0.338 e. The molecule has 0 bridgehead atoms. The monoisotopic (exact) mass is 397 g/mol. The van der Waals surface area contributed by atoms with Crippen molar-refractivity contribution in [2.75, 3.05) is 18.5 Å². The molecule has 24 heavy (non-hydrogen) atoms. The molecule has 0 spiro atoms. The molecule has 0 radical (unpaired) electrons. The van der Waals surface area contributed by atoms with Gasteiger partial charge in [0.2, 0.25) is 0 Å². The Morgan fingerprint density at radius 3 is 2.21 bits per heavy atom. The zero-order valence-electron chi connectivity index (χ0n) is 15.2. The molecule has 0 saturated heterocycles. The molecular formula is C20H32BrNO2. The van der Waals surface area contributed by atoms with Crippen LogP contribution in [0.4, 0.5) is 5.69 Å². The fraction of sp³-hybridized carbons (Fsp3) is 0.650. The van der Waals surface area contributed by atoms with Crippen LogP contribution in [0.2, 0.25) is 0 Å². The predicted molar refractivity (Wildman–Crippen MR) is 106 cm³/mol. The number of hydrogen-bond acceptors (Lipinski definition) is 3. The summed E-state index contributed by atoms with van der Waals surface area (Å²) in [5.41, 5.74) is 1.67. The van der Waals surface area contributed by atoms with E-state index in [2.05, 4.69) is 28.2 Å². The quantitative estimate of drug-likeness (QED) is 0.245. The number of anilines is 1. The molecule has 0 saturated carbocycles. The zero-order valence-corrected chi connectivity index (χ0v) is 16.7. The molecule has 3 nitrogen and oxygen atoms in total. The Morgan fingerprint density at radius 1 is 1.04 bits per heavy atom. The molecule has 1 rings (SSSR count). The van der Waals surface area contributed by atoms with Crippen molar-refractivity contribution < 1.29 is 9.53 Å². The van der Waals surface area contributed by atoms with E-state index in [-0.39, 0.29) is 5.97 Å².